The number of tetrazole rings is 1. The second-order valence-corrected chi connectivity index (χ2v) is 10.8. The first-order chi connectivity index (χ1) is 19.0. The van der Waals surface area contributed by atoms with Crippen molar-refractivity contribution in [2.24, 2.45) is 11.8 Å². The number of carbonyl (C=O) groups is 1. The third kappa shape index (κ3) is 5.62. The van der Waals surface area contributed by atoms with Gasteiger partial charge in [0.2, 0.25) is 5.91 Å². The maximum absolute atomic E-state index is 14.5. The zero-order valence-electron chi connectivity index (χ0n) is 22.6. The molecule has 1 aliphatic rings. The minimum Gasteiger partial charge on any atom is -0.291 e. The van der Waals surface area contributed by atoms with Crippen molar-refractivity contribution >= 4 is 5.91 Å². The molecule has 9 heteroatoms. The molecule has 39 heavy (non-hydrogen) atoms. The number of imidazole rings is 1. The van der Waals surface area contributed by atoms with Crippen molar-refractivity contribution < 1.29 is 9.18 Å². The fourth-order valence-corrected chi connectivity index (χ4v) is 5.59. The van der Waals surface area contributed by atoms with Gasteiger partial charge in [-0.2, -0.15) is 0 Å². The molecule has 1 saturated carbocycles. The number of benzene rings is 2. The summed E-state index contributed by atoms with van der Waals surface area (Å²) in [6.07, 6.45) is 5.92. The molecule has 0 saturated heterocycles. The molecule has 0 aliphatic heterocycles. The maximum Gasteiger partial charge on any atom is 0.335 e. The molecule has 2 heterocycles. The molecule has 2 aromatic carbocycles. The second kappa shape index (κ2) is 11.9. The van der Waals surface area contributed by atoms with E-state index in [2.05, 4.69) is 34.5 Å². The highest BCUT2D eigenvalue weighted by Gasteiger charge is 2.29. The third-order valence-electron chi connectivity index (χ3n) is 7.74. The molecule has 8 nitrogen and oxygen atoms in total. The fourth-order valence-electron chi connectivity index (χ4n) is 5.59. The van der Waals surface area contributed by atoms with Gasteiger partial charge in [0, 0.05) is 17.2 Å². The summed E-state index contributed by atoms with van der Waals surface area (Å²) in [5.74, 6) is 0.510. The zero-order chi connectivity index (χ0) is 27.4. The minimum atomic E-state index is -0.833. The number of rotatable bonds is 9. The smallest absolute Gasteiger partial charge is 0.291 e. The van der Waals surface area contributed by atoms with E-state index in [-0.39, 0.29) is 24.1 Å². The van der Waals surface area contributed by atoms with Crippen molar-refractivity contribution in [1.29, 1.82) is 0 Å². The van der Waals surface area contributed by atoms with Gasteiger partial charge in [0.25, 0.3) is 0 Å². The van der Waals surface area contributed by atoms with Gasteiger partial charge >= 0.3 is 5.69 Å². The lowest BCUT2D eigenvalue weighted by molar-refractivity contribution is 0.0790. The summed E-state index contributed by atoms with van der Waals surface area (Å²) in [7, 11) is 0. The first kappa shape index (κ1) is 26.7. The van der Waals surface area contributed by atoms with Crippen molar-refractivity contribution in [3.63, 3.8) is 0 Å². The van der Waals surface area contributed by atoms with Crippen LogP contribution in [0, 0.1) is 11.8 Å². The zero-order valence-corrected chi connectivity index (χ0v) is 22.6. The van der Waals surface area contributed by atoms with Crippen LogP contribution in [0.25, 0.3) is 22.5 Å². The first-order valence-corrected chi connectivity index (χ1v) is 13.8. The summed E-state index contributed by atoms with van der Waals surface area (Å²) in [5.41, 5.74) is 4.17. The Morgan fingerprint density at radius 3 is 2.38 bits per heavy atom. The van der Waals surface area contributed by atoms with E-state index >= 15 is 0 Å². The highest BCUT2D eigenvalue weighted by Crippen LogP contribution is 2.30. The van der Waals surface area contributed by atoms with E-state index in [1.54, 1.807) is 4.57 Å². The van der Waals surface area contributed by atoms with Gasteiger partial charge in [0.15, 0.2) is 5.82 Å². The summed E-state index contributed by atoms with van der Waals surface area (Å²) in [6.45, 7) is 3.65. The molecule has 0 atom stereocenters. The van der Waals surface area contributed by atoms with Gasteiger partial charge in [0.1, 0.15) is 6.67 Å². The monoisotopic (exact) mass is 530 g/mol. The van der Waals surface area contributed by atoms with Crippen LogP contribution in [0.15, 0.2) is 53.3 Å². The van der Waals surface area contributed by atoms with Gasteiger partial charge < -0.3 is 0 Å². The molecule has 2 aromatic heterocycles. The number of carbonyl (C=O) groups excluding carboxylic acids is 1. The minimum absolute atomic E-state index is 0.213. The Kier molecular flexibility index (Phi) is 8.14. The Balaban J connectivity index is 1.48. The van der Waals surface area contributed by atoms with Crippen molar-refractivity contribution in [2.75, 3.05) is 0 Å². The predicted molar refractivity (Wildman–Crippen MR) is 148 cm³/mol. The van der Waals surface area contributed by atoms with Crippen molar-refractivity contribution in [3.8, 4) is 22.5 Å². The molecule has 0 radical (unpaired) electrons. The largest absolute Gasteiger partial charge is 0.335 e. The first-order valence-electron chi connectivity index (χ1n) is 13.8. The predicted octanol–water partition coefficient (Wildman–Crippen LogP) is 5.82. The SMILES string of the molecule is CC(C)CCc1c(CF)n(C(=O)C2CCCCC2)c(=O)n1Cc1ccc(-c2ccccc2-c2nnn[nH]2)cc1. The Morgan fingerprint density at radius 1 is 1.03 bits per heavy atom. The van der Waals surface area contributed by atoms with E-state index in [9.17, 15) is 14.0 Å². The van der Waals surface area contributed by atoms with Crippen LogP contribution in [0.1, 0.15) is 74.1 Å². The number of aromatic amines is 1. The molecule has 1 fully saturated rings. The normalized spacial score (nSPS) is 14.3. The lowest BCUT2D eigenvalue weighted by atomic mass is 9.88. The Morgan fingerprint density at radius 2 is 1.74 bits per heavy atom. The Bertz CT molecular complexity index is 1460. The summed E-state index contributed by atoms with van der Waals surface area (Å²) in [4.78, 5) is 27.1. The topological polar surface area (TPSA) is 98.5 Å². The van der Waals surface area contributed by atoms with Crippen LogP contribution in [0.4, 0.5) is 4.39 Å². The van der Waals surface area contributed by atoms with Crippen LogP contribution in [0.2, 0.25) is 0 Å². The third-order valence-corrected chi connectivity index (χ3v) is 7.74. The van der Waals surface area contributed by atoms with Crippen molar-refractivity contribution in [3.05, 3.63) is 76.0 Å². The molecule has 1 aliphatic carbocycles. The number of hydrogen-bond donors (Lipinski definition) is 1. The number of H-pyrrole nitrogens is 1. The standard InChI is InChI=1S/C30H35FN6O2/c1-20(2)12-17-26-27(18-31)37(29(38)23-8-4-3-5-9-23)30(39)36(26)19-21-13-15-22(16-14-21)24-10-6-7-11-25(24)28-32-34-35-33-28/h6-7,10-11,13-16,20,23H,3-5,8-9,12,17-19H2,1-2H3,(H,32,33,34,35). The lowest BCUT2D eigenvalue weighted by Gasteiger charge is -2.20. The van der Waals surface area contributed by atoms with E-state index in [0.717, 1.165) is 65.3 Å². The number of nitrogens with zero attached hydrogens (tertiary/aromatic N) is 5. The maximum atomic E-state index is 14.5. The van der Waals surface area contributed by atoms with Crippen LogP contribution in [-0.2, 0) is 19.6 Å². The number of hydrogen-bond acceptors (Lipinski definition) is 5. The van der Waals surface area contributed by atoms with Crippen LogP contribution in [-0.4, -0.2) is 35.7 Å². The lowest BCUT2D eigenvalue weighted by Crippen LogP contribution is -2.35. The fraction of sp³-hybridized carbons (Fsp3) is 0.433. The Hall–Kier alpha value is -3.88. The molecule has 0 bridgehead atoms. The van der Waals surface area contributed by atoms with E-state index < -0.39 is 12.4 Å². The van der Waals surface area contributed by atoms with E-state index in [4.69, 9.17) is 0 Å². The highest BCUT2D eigenvalue weighted by molar-refractivity contribution is 5.82. The number of alkyl halides is 1. The van der Waals surface area contributed by atoms with E-state index in [1.165, 1.54) is 0 Å². The van der Waals surface area contributed by atoms with Crippen LogP contribution < -0.4 is 5.69 Å². The number of nitrogens with one attached hydrogen (secondary N) is 1. The molecule has 0 amide bonds. The van der Waals surface area contributed by atoms with Gasteiger partial charge in [0.05, 0.1) is 12.2 Å². The van der Waals surface area contributed by atoms with Crippen LogP contribution in [0.5, 0.6) is 0 Å². The van der Waals surface area contributed by atoms with Gasteiger partial charge in [-0.15, -0.1) is 5.10 Å². The van der Waals surface area contributed by atoms with Gasteiger partial charge in [-0.3, -0.25) is 9.36 Å². The van der Waals surface area contributed by atoms with Crippen LogP contribution in [0.3, 0.4) is 0 Å². The molecular formula is C30H35FN6O2. The molecule has 0 spiro atoms. The molecule has 5 rings (SSSR count). The average molecular weight is 531 g/mol. The summed E-state index contributed by atoms with van der Waals surface area (Å²) < 4.78 is 17.3. The van der Waals surface area contributed by atoms with Gasteiger partial charge in [-0.25, -0.2) is 18.9 Å². The van der Waals surface area contributed by atoms with Gasteiger partial charge in [-0.05, 0) is 58.7 Å². The molecule has 204 valence electrons. The van der Waals surface area contributed by atoms with Crippen molar-refractivity contribution in [1.82, 2.24) is 29.8 Å². The van der Waals surface area contributed by atoms with E-state index in [0.29, 0.717) is 23.9 Å². The average Bonchev–Trinajstić information content (AvgIpc) is 3.59. The summed E-state index contributed by atoms with van der Waals surface area (Å²) in [5, 5.41) is 14.2. The number of halogens is 1. The Labute approximate surface area is 227 Å². The molecular weight excluding hydrogens is 495 g/mol. The quantitative estimate of drug-likeness (QED) is 0.294. The summed E-state index contributed by atoms with van der Waals surface area (Å²) in [6, 6.07) is 15.8. The van der Waals surface area contributed by atoms with Gasteiger partial charge in [-0.1, -0.05) is 81.6 Å². The second-order valence-electron chi connectivity index (χ2n) is 10.8. The van der Waals surface area contributed by atoms with Crippen LogP contribution >= 0.6 is 0 Å². The summed E-state index contributed by atoms with van der Waals surface area (Å²) >= 11 is 0. The molecule has 1 N–H and O–H groups in total. The molecule has 0 unspecified atom stereocenters. The highest BCUT2D eigenvalue weighted by atomic mass is 19.1. The van der Waals surface area contributed by atoms with Crippen molar-refractivity contribution in [2.45, 2.75) is 72.0 Å². The molecule has 4 aromatic rings. The number of aromatic nitrogens is 6. The van der Waals surface area contributed by atoms with E-state index in [1.807, 2.05) is 48.5 Å².